The Morgan fingerprint density at radius 2 is 1.63 bits per heavy atom. The molecule has 0 aliphatic carbocycles. The molecule has 4 rings (SSSR count). The fourth-order valence-corrected chi connectivity index (χ4v) is 4.67. The van der Waals surface area contributed by atoms with Gasteiger partial charge in [0, 0.05) is 56.7 Å². The van der Waals surface area contributed by atoms with Gasteiger partial charge in [-0.3, -0.25) is 9.80 Å². The summed E-state index contributed by atoms with van der Waals surface area (Å²) < 4.78 is 5.48. The van der Waals surface area contributed by atoms with Crippen LogP contribution in [0.4, 0.5) is 5.95 Å². The zero-order chi connectivity index (χ0) is 18.3. The minimum absolute atomic E-state index is 0.698. The van der Waals surface area contributed by atoms with Gasteiger partial charge in [-0.2, -0.15) is 0 Å². The van der Waals surface area contributed by atoms with Crippen molar-refractivity contribution >= 4 is 5.95 Å². The quantitative estimate of drug-likeness (QED) is 0.764. The molecule has 0 radical (unpaired) electrons. The Kier molecular flexibility index (Phi) is 6.93. The summed E-state index contributed by atoms with van der Waals surface area (Å²) >= 11 is 0. The van der Waals surface area contributed by atoms with Gasteiger partial charge in [-0.05, 0) is 51.6 Å². The molecule has 1 aromatic heterocycles. The molecule has 27 heavy (non-hydrogen) atoms. The van der Waals surface area contributed by atoms with E-state index < -0.39 is 0 Å². The molecule has 6 heteroatoms. The molecule has 3 saturated heterocycles. The Morgan fingerprint density at radius 3 is 2.41 bits per heavy atom. The van der Waals surface area contributed by atoms with Gasteiger partial charge < -0.3 is 9.64 Å². The van der Waals surface area contributed by atoms with Crippen LogP contribution in [-0.2, 0) is 11.3 Å². The first-order valence-electron chi connectivity index (χ1n) is 11.0. The Balaban J connectivity index is 1.30. The number of ether oxygens (including phenoxy) is 1. The monoisotopic (exact) mass is 373 g/mol. The number of piperidine rings is 2. The zero-order valence-corrected chi connectivity index (χ0v) is 16.7. The van der Waals surface area contributed by atoms with Crippen LogP contribution in [0.1, 0.15) is 50.5 Å². The van der Waals surface area contributed by atoms with Crippen LogP contribution in [0.5, 0.6) is 0 Å². The minimum Gasteiger partial charge on any atom is -0.379 e. The maximum absolute atomic E-state index is 5.48. The van der Waals surface area contributed by atoms with E-state index in [0.29, 0.717) is 6.04 Å². The fraction of sp³-hybridized carbons (Fsp3) is 0.810. The van der Waals surface area contributed by atoms with E-state index in [2.05, 4.69) is 37.1 Å². The van der Waals surface area contributed by atoms with Crippen LogP contribution in [0.3, 0.4) is 0 Å². The topological polar surface area (TPSA) is 44.7 Å². The van der Waals surface area contributed by atoms with Crippen LogP contribution in [0.25, 0.3) is 0 Å². The lowest BCUT2D eigenvalue weighted by molar-refractivity contribution is 0.0302. The molecule has 0 N–H and O–H groups in total. The average molecular weight is 374 g/mol. The molecule has 3 aliphatic rings. The van der Waals surface area contributed by atoms with Gasteiger partial charge in [-0.15, -0.1) is 0 Å². The first kappa shape index (κ1) is 19.1. The minimum atomic E-state index is 0.698. The number of hydrogen-bond donors (Lipinski definition) is 0. The molecule has 1 atom stereocenters. The first-order chi connectivity index (χ1) is 13.4. The SMILES string of the molecule is c1nc(N2CCCCC2)ncc1CN1CCCC[C@H]1CCN1CCOCC1. The van der Waals surface area contributed by atoms with Crippen LogP contribution in [0, 0.1) is 0 Å². The Labute approximate surface area is 163 Å². The van der Waals surface area contributed by atoms with E-state index >= 15 is 0 Å². The number of anilines is 1. The summed E-state index contributed by atoms with van der Waals surface area (Å²) in [5.74, 6) is 0.918. The molecule has 4 heterocycles. The van der Waals surface area contributed by atoms with Gasteiger partial charge in [-0.1, -0.05) is 6.42 Å². The predicted octanol–water partition coefficient (Wildman–Crippen LogP) is 2.54. The van der Waals surface area contributed by atoms with Gasteiger partial charge in [0.1, 0.15) is 0 Å². The molecule has 0 amide bonds. The van der Waals surface area contributed by atoms with E-state index in [9.17, 15) is 0 Å². The van der Waals surface area contributed by atoms with E-state index in [4.69, 9.17) is 4.74 Å². The third-order valence-corrected chi connectivity index (χ3v) is 6.35. The summed E-state index contributed by atoms with van der Waals surface area (Å²) in [6.07, 6.45) is 13.3. The molecule has 0 aromatic carbocycles. The van der Waals surface area contributed by atoms with Crippen molar-refractivity contribution in [3.63, 3.8) is 0 Å². The molecule has 0 bridgehead atoms. The molecule has 150 valence electrons. The number of rotatable bonds is 6. The highest BCUT2D eigenvalue weighted by molar-refractivity contribution is 5.30. The second-order valence-corrected chi connectivity index (χ2v) is 8.30. The van der Waals surface area contributed by atoms with Gasteiger partial charge in [0.15, 0.2) is 0 Å². The van der Waals surface area contributed by atoms with E-state index in [1.165, 1.54) is 63.6 Å². The van der Waals surface area contributed by atoms with Gasteiger partial charge in [-0.25, -0.2) is 9.97 Å². The van der Waals surface area contributed by atoms with Crippen molar-refractivity contribution in [2.75, 3.05) is 57.4 Å². The third kappa shape index (κ3) is 5.39. The van der Waals surface area contributed by atoms with E-state index in [1.807, 2.05) is 0 Å². The smallest absolute Gasteiger partial charge is 0.225 e. The fourth-order valence-electron chi connectivity index (χ4n) is 4.67. The van der Waals surface area contributed by atoms with E-state index in [-0.39, 0.29) is 0 Å². The number of morpholine rings is 1. The molecule has 1 aromatic rings. The van der Waals surface area contributed by atoms with Crippen LogP contribution in [0.2, 0.25) is 0 Å². The maximum Gasteiger partial charge on any atom is 0.225 e. The highest BCUT2D eigenvalue weighted by Gasteiger charge is 2.24. The summed E-state index contributed by atoms with van der Waals surface area (Å²) in [5, 5.41) is 0. The Bertz CT molecular complexity index is 554. The van der Waals surface area contributed by atoms with Crippen LogP contribution in [0.15, 0.2) is 12.4 Å². The summed E-state index contributed by atoms with van der Waals surface area (Å²) in [6, 6.07) is 0.698. The molecule has 3 aliphatic heterocycles. The van der Waals surface area contributed by atoms with Gasteiger partial charge in [0.2, 0.25) is 5.95 Å². The van der Waals surface area contributed by atoms with Crippen LogP contribution >= 0.6 is 0 Å². The van der Waals surface area contributed by atoms with Crippen molar-refractivity contribution < 1.29 is 4.74 Å². The standard InChI is InChI=1S/C21H35N5O/c1-3-8-25(9-4-1)21-22-16-19(17-23-21)18-26-10-5-2-6-20(26)7-11-24-12-14-27-15-13-24/h16-17,20H,1-15,18H2/t20-/m0/s1. The van der Waals surface area contributed by atoms with Crippen LogP contribution in [-0.4, -0.2) is 78.3 Å². The number of nitrogens with zero attached hydrogens (tertiary/aromatic N) is 5. The van der Waals surface area contributed by atoms with Crippen molar-refractivity contribution in [1.29, 1.82) is 0 Å². The highest BCUT2D eigenvalue weighted by atomic mass is 16.5. The normalized spacial score (nSPS) is 25.6. The molecule has 6 nitrogen and oxygen atoms in total. The van der Waals surface area contributed by atoms with E-state index in [1.54, 1.807) is 0 Å². The molecule has 0 saturated carbocycles. The molecule has 0 unspecified atom stereocenters. The highest BCUT2D eigenvalue weighted by Crippen LogP contribution is 2.23. The average Bonchev–Trinajstić information content (AvgIpc) is 2.75. The van der Waals surface area contributed by atoms with Crippen LogP contribution < -0.4 is 4.90 Å². The lowest BCUT2D eigenvalue weighted by atomic mass is 9.98. The van der Waals surface area contributed by atoms with Crippen molar-refractivity contribution in [2.24, 2.45) is 0 Å². The number of aromatic nitrogens is 2. The molecular formula is C21H35N5O. The van der Waals surface area contributed by atoms with Crippen molar-refractivity contribution in [1.82, 2.24) is 19.8 Å². The lowest BCUT2D eigenvalue weighted by Gasteiger charge is -2.37. The first-order valence-corrected chi connectivity index (χ1v) is 11.0. The van der Waals surface area contributed by atoms with Gasteiger partial charge >= 0.3 is 0 Å². The van der Waals surface area contributed by atoms with Crippen molar-refractivity contribution in [2.45, 2.75) is 57.5 Å². The molecule has 0 spiro atoms. The number of hydrogen-bond acceptors (Lipinski definition) is 6. The zero-order valence-electron chi connectivity index (χ0n) is 16.7. The second kappa shape index (κ2) is 9.80. The predicted molar refractivity (Wildman–Crippen MR) is 108 cm³/mol. The van der Waals surface area contributed by atoms with Gasteiger partial charge in [0.05, 0.1) is 13.2 Å². The Hall–Kier alpha value is -1.24. The largest absolute Gasteiger partial charge is 0.379 e. The maximum atomic E-state index is 5.48. The van der Waals surface area contributed by atoms with E-state index in [0.717, 1.165) is 51.9 Å². The number of likely N-dealkylation sites (tertiary alicyclic amines) is 1. The lowest BCUT2D eigenvalue weighted by Crippen LogP contribution is -2.43. The Morgan fingerprint density at radius 1 is 0.889 bits per heavy atom. The second-order valence-electron chi connectivity index (χ2n) is 8.30. The molecular weight excluding hydrogens is 338 g/mol. The third-order valence-electron chi connectivity index (χ3n) is 6.35. The van der Waals surface area contributed by atoms with Crippen molar-refractivity contribution in [3.8, 4) is 0 Å². The summed E-state index contributed by atoms with van der Waals surface area (Å²) in [4.78, 5) is 16.9. The van der Waals surface area contributed by atoms with Crippen molar-refractivity contribution in [3.05, 3.63) is 18.0 Å². The summed E-state index contributed by atoms with van der Waals surface area (Å²) in [6.45, 7) is 9.61. The summed E-state index contributed by atoms with van der Waals surface area (Å²) in [5.41, 5.74) is 1.26. The van der Waals surface area contributed by atoms with Gasteiger partial charge in [0.25, 0.3) is 0 Å². The summed E-state index contributed by atoms with van der Waals surface area (Å²) in [7, 11) is 0. The molecule has 3 fully saturated rings.